The molecule has 0 bridgehead atoms. The third-order valence-corrected chi connectivity index (χ3v) is 3.97. The third-order valence-electron chi connectivity index (χ3n) is 3.97. The Kier molecular flexibility index (Phi) is 2.92. The number of carbonyl (C=O) groups is 2. The van der Waals surface area contributed by atoms with E-state index in [4.69, 9.17) is 0 Å². The summed E-state index contributed by atoms with van der Waals surface area (Å²) in [6.07, 6.45) is 3.05. The van der Waals surface area contributed by atoms with Crippen LogP contribution in [0.2, 0.25) is 0 Å². The summed E-state index contributed by atoms with van der Waals surface area (Å²) in [6.45, 7) is 7.60. The second-order valence-electron chi connectivity index (χ2n) is 5.83. The van der Waals surface area contributed by atoms with Crippen molar-refractivity contribution in [2.24, 2.45) is 5.92 Å². The number of hydrogen-bond acceptors (Lipinski definition) is 2. The number of hydrogen-bond donors (Lipinski definition) is 1. The van der Waals surface area contributed by atoms with Gasteiger partial charge in [-0.2, -0.15) is 0 Å². The first kappa shape index (κ1) is 12.4. The van der Waals surface area contributed by atoms with Crippen LogP contribution in [0.1, 0.15) is 47.0 Å². The highest BCUT2D eigenvalue weighted by Crippen LogP contribution is 2.37. The molecule has 2 unspecified atom stereocenters. The van der Waals surface area contributed by atoms with Crippen molar-refractivity contribution in [1.82, 2.24) is 10.2 Å². The number of rotatable bonds is 3. The number of piperazine rings is 1. The minimum Gasteiger partial charge on any atom is -0.340 e. The van der Waals surface area contributed by atoms with Crippen molar-refractivity contribution in [2.75, 3.05) is 0 Å². The number of carbonyl (C=O) groups excluding carboxylic acids is 2. The lowest BCUT2D eigenvalue weighted by molar-refractivity contribution is -0.156. The smallest absolute Gasteiger partial charge is 0.248 e. The summed E-state index contributed by atoms with van der Waals surface area (Å²) in [5.74, 6) is 0.641. The molecule has 0 spiro atoms. The number of nitrogens with one attached hydrogen (secondary N) is 1. The molecule has 2 amide bonds. The van der Waals surface area contributed by atoms with E-state index in [1.165, 1.54) is 12.8 Å². The fourth-order valence-electron chi connectivity index (χ4n) is 2.69. The molecule has 1 saturated heterocycles. The minimum absolute atomic E-state index is 0.00963. The third kappa shape index (κ3) is 2.05. The van der Waals surface area contributed by atoms with Crippen molar-refractivity contribution in [2.45, 2.75) is 64.6 Å². The van der Waals surface area contributed by atoms with Gasteiger partial charge in [-0.3, -0.25) is 9.59 Å². The van der Waals surface area contributed by atoms with Crippen LogP contribution in [0, 0.1) is 5.92 Å². The average molecular weight is 238 g/mol. The fraction of sp³-hybridized carbons (Fsp3) is 0.846. The van der Waals surface area contributed by atoms with E-state index >= 15 is 0 Å². The van der Waals surface area contributed by atoms with Crippen LogP contribution in [0.15, 0.2) is 0 Å². The lowest BCUT2D eigenvalue weighted by Crippen LogP contribution is -2.69. The summed E-state index contributed by atoms with van der Waals surface area (Å²) in [5.41, 5.74) is -0.758. The maximum Gasteiger partial charge on any atom is 0.248 e. The number of nitrogens with zero attached hydrogens (tertiary/aromatic N) is 1. The zero-order chi connectivity index (χ0) is 12.8. The average Bonchev–Trinajstić information content (AvgIpc) is 3.05. The quantitative estimate of drug-likeness (QED) is 0.805. The molecule has 0 aromatic heterocycles. The van der Waals surface area contributed by atoms with Crippen LogP contribution in [0.3, 0.4) is 0 Å². The predicted octanol–water partition coefficient (Wildman–Crippen LogP) is 1.30. The van der Waals surface area contributed by atoms with Gasteiger partial charge in [0.1, 0.15) is 11.6 Å². The molecule has 1 N–H and O–H groups in total. The molecule has 1 saturated carbocycles. The first-order chi connectivity index (χ1) is 7.88. The molecule has 0 aromatic rings. The maximum atomic E-state index is 12.4. The minimum atomic E-state index is -0.758. The summed E-state index contributed by atoms with van der Waals surface area (Å²) in [7, 11) is 0. The van der Waals surface area contributed by atoms with E-state index in [-0.39, 0.29) is 23.9 Å². The molecule has 1 aliphatic carbocycles. The molecular weight excluding hydrogens is 216 g/mol. The molecule has 17 heavy (non-hydrogen) atoms. The number of amides is 2. The summed E-state index contributed by atoms with van der Waals surface area (Å²) in [4.78, 5) is 26.3. The summed E-state index contributed by atoms with van der Waals surface area (Å²) >= 11 is 0. The zero-order valence-electron chi connectivity index (χ0n) is 11.1. The van der Waals surface area contributed by atoms with E-state index in [2.05, 4.69) is 12.2 Å². The molecule has 1 aliphatic heterocycles. The predicted molar refractivity (Wildman–Crippen MR) is 65.3 cm³/mol. The van der Waals surface area contributed by atoms with E-state index in [1.807, 2.05) is 11.8 Å². The summed E-state index contributed by atoms with van der Waals surface area (Å²) < 4.78 is 0. The highest BCUT2D eigenvalue weighted by Gasteiger charge is 2.48. The summed E-state index contributed by atoms with van der Waals surface area (Å²) in [5, 5.41) is 2.82. The monoisotopic (exact) mass is 238 g/mol. The first-order valence-electron chi connectivity index (χ1n) is 6.53. The van der Waals surface area contributed by atoms with Crippen molar-refractivity contribution < 1.29 is 9.59 Å². The topological polar surface area (TPSA) is 49.4 Å². The Morgan fingerprint density at radius 3 is 2.47 bits per heavy atom. The van der Waals surface area contributed by atoms with Crippen LogP contribution in [-0.4, -0.2) is 34.3 Å². The van der Waals surface area contributed by atoms with Crippen LogP contribution < -0.4 is 5.32 Å². The molecule has 0 radical (unpaired) electrons. The van der Waals surface area contributed by atoms with E-state index in [9.17, 15) is 9.59 Å². The first-order valence-corrected chi connectivity index (χ1v) is 6.53. The van der Waals surface area contributed by atoms with Gasteiger partial charge in [0.2, 0.25) is 11.8 Å². The second kappa shape index (κ2) is 4.00. The van der Waals surface area contributed by atoms with Crippen LogP contribution in [-0.2, 0) is 9.59 Å². The second-order valence-corrected chi connectivity index (χ2v) is 5.83. The van der Waals surface area contributed by atoms with Gasteiger partial charge in [-0.25, -0.2) is 0 Å². The molecule has 2 atom stereocenters. The van der Waals surface area contributed by atoms with Gasteiger partial charge in [-0.15, -0.1) is 0 Å². The lowest BCUT2D eigenvalue weighted by Gasteiger charge is -2.45. The van der Waals surface area contributed by atoms with Gasteiger partial charge in [0.15, 0.2) is 0 Å². The fourth-order valence-corrected chi connectivity index (χ4v) is 2.69. The Balaban J connectivity index is 2.28. The van der Waals surface area contributed by atoms with Crippen molar-refractivity contribution in [3.8, 4) is 0 Å². The zero-order valence-corrected chi connectivity index (χ0v) is 11.1. The van der Waals surface area contributed by atoms with Gasteiger partial charge >= 0.3 is 0 Å². The molecule has 1 heterocycles. The molecule has 4 nitrogen and oxygen atoms in total. The van der Waals surface area contributed by atoms with Crippen LogP contribution in [0.4, 0.5) is 0 Å². The van der Waals surface area contributed by atoms with Gasteiger partial charge in [-0.1, -0.05) is 6.92 Å². The molecule has 0 aromatic carbocycles. The Morgan fingerprint density at radius 2 is 2.00 bits per heavy atom. The Hall–Kier alpha value is -1.06. The Bertz CT molecular complexity index is 347. The molecule has 2 rings (SSSR count). The van der Waals surface area contributed by atoms with Gasteiger partial charge in [-0.05, 0) is 46.0 Å². The van der Waals surface area contributed by atoms with Crippen molar-refractivity contribution in [1.29, 1.82) is 0 Å². The lowest BCUT2D eigenvalue weighted by atomic mass is 9.93. The van der Waals surface area contributed by atoms with E-state index < -0.39 is 5.54 Å². The van der Waals surface area contributed by atoms with Crippen LogP contribution in [0.25, 0.3) is 0 Å². The standard InChI is InChI=1S/C13H22N2O2/c1-5-10-11(16)14-13(3,4)12(17)15(10)8(2)9-6-7-9/h8-10H,5-7H2,1-4H3,(H,14,16). The van der Waals surface area contributed by atoms with Crippen molar-refractivity contribution >= 4 is 11.8 Å². The maximum absolute atomic E-state index is 12.4. The van der Waals surface area contributed by atoms with E-state index in [1.54, 1.807) is 13.8 Å². The highest BCUT2D eigenvalue weighted by atomic mass is 16.2. The van der Waals surface area contributed by atoms with Crippen molar-refractivity contribution in [3.63, 3.8) is 0 Å². The van der Waals surface area contributed by atoms with Gasteiger partial charge in [0.05, 0.1) is 0 Å². The molecule has 2 fully saturated rings. The molecular formula is C13H22N2O2. The van der Waals surface area contributed by atoms with Gasteiger partial charge in [0.25, 0.3) is 0 Å². The highest BCUT2D eigenvalue weighted by molar-refractivity contribution is 5.99. The largest absolute Gasteiger partial charge is 0.340 e. The van der Waals surface area contributed by atoms with Crippen molar-refractivity contribution in [3.05, 3.63) is 0 Å². The Morgan fingerprint density at radius 1 is 1.41 bits per heavy atom. The Labute approximate surface area is 103 Å². The SMILES string of the molecule is CCC1C(=O)NC(C)(C)C(=O)N1C(C)C1CC1. The van der Waals surface area contributed by atoms with Crippen LogP contribution in [0.5, 0.6) is 0 Å². The van der Waals surface area contributed by atoms with Gasteiger partial charge < -0.3 is 10.2 Å². The molecule has 4 heteroatoms. The molecule has 2 aliphatic rings. The molecule has 96 valence electrons. The van der Waals surface area contributed by atoms with E-state index in [0.29, 0.717) is 12.3 Å². The summed E-state index contributed by atoms with van der Waals surface area (Å²) in [6, 6.07) is -0.0936. The van der Waals surface area contributed by atoms with Gasteiger partial charge in [0, 0.05) is 6.04 Å². The van der Waals surface area contributed by atoms with Crippen LogP contribution >= 0.6 is 0 Å². The van der Waals surface area contributed by atoms with E-state index in [0.717, 1.165) is 0 Å². The normalized spacial score (nSPS) is 30.1.